The normalized spacial score (nSPS) is 12.8. The quantitative estimate of drug-likeness (QED) is 0.322. The van der Waals surface area contributed by atoms with Crippen molar-refractivity contribution in [3.05, 3.63) is 77.4 Å². The zero-order valence-corrected chi connectivity index (χ0v) is 24.8. The summed E-state index contributed by atoms with van der Waals surface area (Å²) < 4.78 is 5.44. The Balaban J connectivity index is 2.55. The van der Waals surface area contributed by atoms with E-state index in [2.05, 4.69) is 24.1 Å². The Morgan fingerprint density at radius 2 is 1.62 bits per heavy atom. The summed E-state index contributed by atoms with van der Waals surface area (Å²) in [5.74, 6) is -0.617. The van der Waals surface area contributed by atoms with Gasteiger partial charge in [-0.15, -0.1) is 6.58 Å². The van der Waals surface area contributed by atoms with E-state index in [1.165, 1.54) is 4.90 Å². The van der Waals surface area contributed by atoms with Crippen molar-refractivity contribution in [1.29, 1.82) is 0 Å². The Morgan fingerprint density at radius 3 is 2.10 bits per heavy atom. The number of anilines is 1. The van der Waals surface area contributed by atoms with E-state index in [-0.39, 0.29) is 24.3 Å². The van der Waals surface area contributed by atoms with Crippen LogP contribution in [0.2, 0.25) is 0 Å². The SMILES string of the molecule is C=CCN(C(=O)C(CC(C)C)NC(=O)OC(C)(C)C)C(C(=O)Nc1c(C)cccc1C)c1ccc(CC)cc1. The average molecular weight is 536 g/mol. The molecule has 7 nitrogen and oxygen atoms in total. The molecule has 0 fully saturated rings. The van der Waals surface area contributed by atoms with Crippen LogP contribution in [-0.2, 0) is 20.7 Å². The number of nitrogens with zero attached hydrogens (tertiary/aromatic N) is 1. The summed E-state index contributed by atoms with van der Waals surface area (Å²) >= 11 is 0. The molecule has 0 heterocycles. The number of aryl methyl sites for hydroxylation is 3. The van der Waals surface area contributed by atoms with Gasteiger partial charge in [0, 0.05) is 12.2 Å². The second kappa shape index (κ2) is 14.0. The van der Waals surface area contributed by atoms with Gasteiger partial charge >= 0.3 is 6.09 Å². The molecule has 0 aliphatic rings. The third kappa shape index (κ3) is 9.27. The van der Waals surface area contributed by atoms with Crippen LogP contribution in [-0.4, -0.2) is 41.0 Å². The number of ether oxygens (including phenoxy) is 1. The predicted molar refractivity (Wildman–Crippen MR) is 158 cm³/mol. The summed E-state index contributed by atoms with van der Waals surface area (Å²) in [4.78, 5) is 42.3. The predicted octanol–water partition coefficient (Wildman–Crippen LogP) is 6.50. The lowest BCUT2D eigenvalue weighted by Gasteiger charge is -2.34. The molecule has 2 rings (SSSR count). The van der Waals surface area contributed by atoms with Crippen molar-refractivity contribution in [3.63, 3.8) is 0 Å². The summed E-state index contributed by atoms with van der Waals surface area (Å²) in [7, 11) is 0. The summed E-state index contributed by atoms with van der Waals surface area (Å²) in [6.45, 7) is 19.1. The minimum Gasteiger partial charge on any atom is -0.444 e. The van der Waals surface area contributed by atoms with Gasteiger partial charge in [0.2, 0.25) is 5.91 Å². The van der Waals surface area contributed by atoms with Crippen LogP contribution in [0.15, 0.2) is 55.1 Å². The first-order valence-electron chi connectivity index (χ1n) is 13.6. The second-order valence-electron chi connectivity index (χ2n) is 11.4. The topological polar surface area (TPSA) is 87.7 Å². The Hall–Kier alpha value is -3.61. The second-order valence-corrected chi connectivity index (χ2v) is 11.4. The monoisotopic (exact) mass is 535 g/mol. The van der Waals surface area contributed by atoms with Crippen molar-refractivity contribution >= 4 is 23.6 Å². The minimum absolute atomic E-state index is 0.102. The number of carbonyl (C=O) groups excluding carboxylic acids is 3. The van der Waals surface area contributed by atoms with Crippen molar-refractivity contribution in [2.24, 2.45) is 5.92 Å². The van der Waals surface area contributed by atoms with E-state index in [1.54, 1.807) is 26.8 Å². The summed E-state index contributed by atoms with van der Waals surface area (Å²) in [6.07, 6.45) is 2.15. The summed E-state index contributed by atoms with van der Waals surface area (Å²) in [5.41, 5.74) is 3.65. The fourth-order valence-corrected chi connectivity index (χ4v) is 4.42. The lowest BCUT2D eigenvalue weighted by molar-refractivity contribution is -0.140. The Labute approximate surface area is 234 Å². The van der Waals surface area contributed by atoms with Crippen LogP contribution in [0.25, 0.3) is 0 Å². The zero-order valence-electron chi connectivity index (χ0n) is 24.8. The fraction of sp³-hybridized carbons (Fsp3) is 0.469. The average Bonchev–Trinajstić information content (AvgIpc) is 2.84. The van der Waals surface area contributed by atoms with Gasteiger partial charge in [-0.2, -0.15) is 0 Å². The van der Waals surface area contributed by atoms with E-state index in [0.29, 0.717) is 17.7 Å². The van der Waals surface area contributed by atoms with Crippen molar-refractivity contribution in [3.8, 4) is 0 Å². The van der Waals surface area contributed by atoms with Crippen LogP contribution >= 0.6 is 0 Å². The number of nitrogens with one attached hydrogen (secondary N) is 2. The molecule has 39 heavy (non-hydrogen) atoms. The van der Waals surface area contributed by atoms with Crippen LogP contribution in [0.1, 0.15) is 76.3 Å². The number of hydrogen-bond acceptors (Lipinski definition) is 4. The standard InChI is InChI=1S/C32H45N3O4/c1-10-19-35(30(37)26(20-21(3)4)33-31(38)39-32(7,8)9)28(25-17-15-24(11-2)16-18-25)29(36)34-27-22(5)13-12-14-23(27)6/h10,12-18,21,26,28H,1,11,19-20H2,2-9H3,(H,33,38)(H,34,36). The smallest absolute Gasteiger partial charge is 0.408 e. The van der Waals surface area contributed by atoms with Crippen molar-refractivity contribution < 1.29 is 19.1 Å². The maximum atomic E-state index is 14.1. The number of para-hydroxylation sites is 1. The highest BCUT2D eigenvalue weighted by Crippen LogP contribution is 2.28. The van der Waals surface area contributed by atoms with Crippen LogP contribution in [0.3, 0.4) is 0 Å². The van der Waals surface area contributed by atoms with Crippen molar-refractivity contribution in [1.82, 2.24) is 10.2 Å². The third-order valence-corrected chi connectivity index (χ3v) is 6.30. The molecule has 212 valence electrons. The van der Waals surface area contributed by atoms with Crippen LogP contribution in [0.4, 0.5) is 10.5 Å². The van der Waals surface area contributed by atoms with E-state index in [1.807, 2.05) is 70.2 Å². The Morgan fingerprint density at radius 1 is 1.03 bits per heavy atom. The highest BCUT2D eigenvalue weighted by atomic mass is 16.6. The van der Waals surface area contributed by atoms with Gasteiger partial charge in [0.25, 0.3) is 5.91 Å². The van der Waals surface area contributed by atoms with Crippen molar-refractivity contribution in [2.75, 3.05) is 11.9 Å². The van der Waals surface area contributed by atoms with Gasteiger partial charge in [0.15, 0.2) is 0 Å². The molecule has 0 bridgehead atoms. The number of benzene rings is 2. The molecule has 0 aliphatic carbocycles. The number of alkyl carbamates (subject to hydrolysis) is 1. The van der Waals surface area contributed by atoms with Gasteiger partial charge in [-0.1, -0.05) is 69.3 Å². The third-order valence-electron chi connectivity index (χ3n) is 6.30. The molecule has 2 aromatic rings. The Kier molecular flexibility index (Phi) is 11.3. The molecule has 0 radical (unpaired) electrons. The number of amides is 3. The van der Waals surface area contributed by atoms with E-state index >= 15 is 0 Å². The molecule has 2 aromatic carbocycles. The van der Waals surface area contributed by atoms with Gasteiger partial charge in [-0.25, -0.2) is 4.79 Å². The molecule has 0 saturated heterocycles. The van der Waals surface area contributed by atoms with Gasteiger partial charge < -0.3 is 20.3 Å². The number of hydrogen-bond donors (Lipinski definition) is 2. The lowest BCUT2D eigenvalue weighted by Crippen LogP contribution is -2.52. The summed E-state index contributed by atoms with van der Waals surface area (Å²) in [5, 5.41) is 5.83. The fourth-order valence-electron chi connectivity index (χ4n) is 4.42. The van der Waals surface area contributed by atoms with E-state index in [9.17, 15) is 14.4 Å². The highest BCUT2D eigenvalue weighted by Gasteiger charge is 2.36. The minimum atomic E-state index is -0.949. The first kappa shape index (κ1) is 31.6. The molecular formula is C32H45N3O4. The number of carbonyl (C=O) groups is 3. The van der Waals surface area contributed by atoms with Crippen molar-refractivity contribution in [2.45, 2.75) is 85.9 Å². The number of rotatable bonds is 11. The molecular weight excluding hydrogens is 490 g/mol. The zero-order chi connectivity index (χ0) is 29.3. The molecule has 0 spiro atoms. The highest BCUT2D eigenvalue weighted by molar-refractivity contribution is 6.00. The first-order chi connectivity index (χ1) is 18.3. The van der Waals surface area contributed by atoms with Crippen LogP contribution < -0.4 is 10.6 Å². The van der Waals surface area contributed by atoms with E-state index in [4.69, 9.17) is 4.74 Å². The molecule has 0 saturated carbocycles. The lowest BCUT2D eigenvalue weighted by atomic mass is 9.98. The largest absolute Gasteiger partial charge is 0.444 e. The van der Waals surface area contributed by atoms with E-state index in [0.717, 1.165) is 23.1 Å². The molecule has 0 aromatic heterocycles. The van der Waals surface area contributed by atoms with Gasteiger partial charge in [-0.3, -0.25) is 9.59 Å². The molecule has 3 amide bonds. The van der Waals surface area contributed by atoms with Crippen LogP contribution in [0.5, 0.6) is 0 Å². The molecule has 7 heteroatoms. The molecule has 2 unspecified atom stereocenters. The maximum absolute atomic E-state index is 14.1. The Bertz CT molecular complexity index is 1130. The van der Waals surface area contributed by atoms with Gasteiger partial charge in [-0.05, 0) is 75.6 Å². The van der Waals surface area contributed by atoms with Gasteiger partial charge in [0.05, 0.1) is 0 Å². The van der Waals surface area contributed by atoms with Crippen LogP contribution in [0, 0.1) is 19.8 Å². The molecule has 2 N–H and O–H groups in total. The summed E-state index contributed by atoms with van der Waals surface area (Å²) in [6, 6.07) is 11.7. The maximum Gasteiger partial charge on any atom is 0.408 e. The van der Waals surface area contributed by atoms with Gasteiger partial charge in [0.1, 0.15) is 17.7 Å². The van der Waals surface area contributed by atoms with E-state index < -0.39 is 23.8 Å². The molecule has 0 aliphatic heterocycles. The first-order valence-corrected chi connectivity index (χ1v) is 13.6. The molecule has 2 atom stereocenters.